The van der Waals surface area contributed by atoms with E-state index in [1.807, 2.05) is 102 Å². The maximum Gasteiger partial charge on any atom is 0.264 e. The van der Waals surface area contributed by atoms with Crippen molar-refractivity contribution in [1.82, 2.24) is 10.2 Å². The van der Waals surface area contributed by atoms with Gasteiger partial charge in [-0.3, -0.25) is 13.9 Å². The van der Waals surface area contributed by atoms with Gasteiger partial charge < -0.3 is 10.2 Å². The zero-order chi connectivity index (χ0) is 33.4. The molecule has 0 aliphatic rings. The molecule has 4 rings (SSSR count). The summed E-state index contributed by atoms with van der Waals surface area (Å²) < 4.78 is 29.9. The van der Waals surface area contributed by atoms with Crippen LogP contribution in [0.5, 0.6) is 0 Å². The molecule has 4 aromatic rings. The van der Waals surface area contributed by atoms with Crippen LogP contribution in [-0.4, -0.2) is 43.8 Å². The molecule has 2 amide bonds. The highest BCUT2D eigenvalue weighted by atomic mass is 32.2. The molecule has 0 heterocycles. The number of anilines is 1. The monoisotopic (exact) mass is 639 g/mol. The van der Waals surface area contributed by atoms with Gasteiger partial charge in [0.1, 0.15) is 12.6 Å². The Kier molecular flexibility index (Phi) is 11.4. The number of benzene rings is 4. The van der Waals surface area contributed by atoms with Crippen LogP contribution in [0.15, 0.2) is 102 Å². The zero-order valence-electron chi connectivity index (χ0n) is 27.7. The third-order valence-electron chi connectivity index (χ3n) is 8.61. The van der Waals surface area contributed by atoms with Crippen LogP contribution in [-0.2, 0) is 32.6 Å². The molecule has 4 aromatic carbocycles. The Morgan fingerprint density at radius 2 is 1.41 bits per heavy atom. The highest BCUT2D eigenvalue weighted by Gasteiger charge is 2.35. The summed E-state index contributed by atoms with van der Waals surface area (Å²) in [6.07, 6.45) is 1.000. The average Bonchev–Trinajstić information content (AvgIpc) is 3.04. The quantitative estimate of drug-likeness (QED) is 0.177. The van der Waals surface area contributed by atoms with Crippen molar-refractivity contribution in [3.8, 4) is 0 Å². The first kappa shape index (κ1) is 34.4. The van der Waals surface area contributed by atoms with E-state index >= 15 is 0 Å². The molecule has 0 saturated carbocycles. The number of carbonyl (C=O) groups is 2. The van der Waals surface area contributed by atoms with Crippen molar-refractivity contribution in [3.05, 3.63) is 130 Å². The smallest absolute Gasteiger partial charge is 0.264 e. The lowest BCUT2D eigenvalue weighted by atomic mass is 10.0. The lowest BCUT2D eigenvalue weighted by molar-refractivity contribution is -0.140. The van der Waals surface area contributed by atoms with Crippen molar-refractivity contribution in [3.63, 3.8) is 0 Å². The van der Waals surface area contributed by atoms with Gasteiger partial charge in [0.2, 0.25) is 11.8 Å². The fraction of sp³-hybridized carbons (Fsp3) is 0.316. The summed E-state index contributed by atoms with van der Waals surface area (Å²) in [7, 11) is -4.16. The molecule has 0 bridgehead atoms. The van der Waals surface area contributed by atoms with Gasteiger partial charge in [-0.25, -0.2) is 8.42 Å². The molecule has 2 atom stereocenters. The van der Waals surface area contributed by atoms with E-state index in [1.165, 1.54) is 4.31 Å². The Morgan fingerprint density at radius 3 is 2.07 bits per heavy atom. The van der Waals surface area contributed by atoms with Crippen molar-refractivity contribution >= 4 is 27.5 Å². The summed E-state index contributed by atoms with van der Waals surface area (Å²) in [6.45, 7) is 11.2. The minimum atomic E-state index is -4.16. The summed E-state index contributed by atoms with van der Waals surface area (Å²) >= 11 is 0. The molecule has 8 heteroatoms. The van der Waals surface area contributed by atoms with E-state index < -0.39 is 28.5 Å². The van der Waals surface area contributed by atoms with Crippen LogP contribution in [0.3, 0.4) is 0 Å². The van der Waals surface area contributed by atoms with Crippen LogP contribution in [0, 0.1) is 27.7 Å². The standard InChI is InChI=1S/C38H45N3O4S/c1-7-30(5)39-38(43)36(24-32-16-9-8-10-17-32)40(25-33-18-12-11-14-29(33)4)37(42)26-41(35-19-13-15-28(3)31(35)6)46(44,45)34-22-20-27(2)21-23-34/h8-23,30,36H,7,24-26H2,1-6H3,(H,39,43)/t30-,36-/m0/s1. The predicted octanol–water partition coefficient (Wildman–Crippen LogP) is 6.67. The van der Waals surface area contributed by atoms with Crippen LogP contribution in [0.2, 0.25) is 0 Å². The Morgan fingerprint density at radius 1 is 0.783 bits per heavy atom. The van der Waals surface area contributed by atoms with E-state index in [-0.39, 0.29) is 29.8 Å². The number of rotatable bonds is 13. The number of nitrogens with one attached hydrogen (secondary N) is 1. The Hall–Kier alpha value is -4.43. The number of amides is 2. The summed E-state index contributed by atoms with van der Waals surface area (Å²) in [5, 5.41) is 3.08. The van der Waals surface area contributed by atoms with Crippen molar-refractivity contribution in [1.29, 1.82) is 0 Å². The van der Waals surface area contributed by atoms with Crippen LogP contribution in [0.25, 0.3) is 0 Å². The molecule has 0 aromatic heterocycles. The minimum Gasteiger partial charge on any atom is -0.352 e. The van der Waals surface area contributed by atoms with E-state index in [0.717, 1.165) is 39.8 Å². The predicted molar refractivity (Wildman–Crippen MR) is 185 cm³/mol. The second-order valence-electron chi connectivity index (χ2n) is 12.0. The van der Waals surface area contributed by atoms with E-state index in [1.54, 1.807) is 41.3 Å². The normalized spacial score (nSPS) is 12.7. The Balaban J connectivity index is 1.85. The third-order valence-corrected chi connectivity index (χ3v) is 10.4. The Labute approximate surface area is 274 Å². The van der Waals surface area contributed by atoms with E-state index in [0.29, 0.717) is 5.69 Å². The van der Waals surface area contributed by atoms with Gasteiger partial charge in [0.25, 0.3) is 10.0 Å². The molecular formula is C38H45N3O4S. The van der Waals surface area contributed by atoms with Crippen molar-refractivity contribution in [2.75, 3.05) is 10.8 Å². The zero-order valence-corrected chi connectivity index (χ0v) is 28.5. The molecular weight excluding hydrogens is 595 g/mol. The average molecular weight is 640 g/mol. The van der Waals surface area contributed by atoms with Crippen molar-refractivity contribution < 1.29 is 18.0 Å². The first-order chi connectivity index (χ1) is 21.9. The van der Waals surface area contributed by atoms with Gasteiger partial charge in [0.05, 0.1) is 10.6 Å². The first-order valence-corrected chi connectivity index (χ1v) is 17.2. The summed E-state index contributed by atoms with van der Waals surface area (Å²) in [5.41, 5.74) is 5.76. The molecule has 0 fully saturated rings. The minimum absolute atomic E-state index is 0.0904. The van der Waals surface area contributed by atoms with Gasteiger partial charge >= 0.3 is 0 Å². The molecule has 0 unspecified atom stereocenters. The van der Waals surface area contributed by atoms with Gasteiger partial charge in [-0.15, -0.1) is 0 Å². The summed E-state index contributed by atoms with van der Waals surface area (Å²) in [6, 6.07) is 28.4. The second kappa shape index (κ2) is 15.2. The highest BCUT2D eigenvalue weighted by Crippen LogP contribution is 2.29. The van der Waals surface area contributed by atoms with Crippen LogP contribution >= 0.6 is 0 Å². The van der Waals surface area contributed by atoms with Gasteiger partial charge in [0.15, 0.2) is 0 Å². The maximum absolute atomic E-state index is 14.7. The SMILES string of the molecule is CC[C@H](C)NC(=O)[C@H](Cc1ccccc1)N(Cc1ccccc1C)C(=O)CN(c1cccc(C)c1C)S(=O)(=O)c1ccc(C)cc1. The number of sulfonamides is 1. The number of hydrogen-bond donors (Lipinski definition) is 1. The van der Waals surface area contributed by atoms with E-state index in [9.17, 15) is 18.0 Å². The highest BCUT2D eigenvalue weighted by molar-refractivity contribution is 7.92. The lowest BCUT2D eigenvalue weighted by Crippen LogP contribution is -2.54. The second-order valence-corrected chi connectivity index (χ2v) is 13.9. The Bertz CT molecular complexity index is 1750. The summed E-state index contributed by atoms with van der Waals surface area (Å²) in [4.78, 5) is 30.3. The molecule has 0 radical (unpaired) electrons. The maximum atomic E-state index is 14.7. The van der Waals surface area contributed by atoms with Gasteiger partial charge in [-0.05, 0) is 87.1 Å². The van der Waals surface area contributed by atoms with Crippen LogP contribution in [0.4, 0.5) is 5.69 Å². The number of nitrogens with zero attached hydrogens (tertiary/aromatic N) is 2. The summed E-state index contributed by atoms with van der Waals surface area (Å²) in [5.74, 6) is -0.750. The third kappa shape index (κ3) is 8.23. The molecule has 242 valence electrons. The molecule has 0 aliphatic carbocycles. The molecule has 0 saturated heterocycles. The van der Waals surface area contributed by atoms with Crippen LogP contribution < -0.4 is 9.62 Å². The first-order valence-electron chi connectivity index (χ1n) is 15.8. The number of carbonyl (C=O) groups excluding carboxylic acids is 2. The van der Waals surface area contributed by atoms with Gasteiger partial charge in [-0.1, -0.05) is 91.3 Å². The molecule has 0 aliphatic heterocycles. The fourth-order valence-corrected chi connectivity index (χ4v) is 6.79. The number of hydrogen-bond acceptors (Lipinski definition) is 4. The van der Waals surface area contributed by atoms with E-state index in [2.05, 4.69) is 5.32 Å². The van der Waals surface area contributed by atoms with Crippen molar-refractivity contribution in [2.24, 2.45) is 0 Å². The topological polar surface area (TPSA) is 86.8 Å². The van der Waals surface area contributed by atoms with Crippen LogP contribution in [0.1, 0.15) is 53.6 Å². The lowest BCUT2D eigenvalue weighted by Gasteiger charge is -2.35. The van der Waals surface area contributed by atoms with E-state index in [4.69, 9.17) is 0 Å². The fourth-order valence-electron chi connectivity index (χ4n) is 5.32. The molecule has 0 spiro atoms. The largest absolute Gasteiger partial charge is 0.352 e. The van der Waals surface area contributed by atoms with Crippen molar-refractivity contribution in [2.45, 2.75) is 77.9 Å². The van der Waals surface area contributed by atoms with Gasteiger partial charge in [0, 0.05) is 19.0 Å². The molecule has 7 nitrogen and oxygen atoms in total. The number of aryl methyl sites for hydroxylation is 3. The van der Waals surface area contributed by atoms with Gasteiger partial charge in [-0.2, -0.15) is 0 Å². The molecule has 46 heavy (non-hydrogen) atoms. The molecule has 1 N–H and O–H groups in total.